The number of hydrogen-bond acceptors (Lipinski definition) is 3. The molecule has 0 bridgehead atoms. The van der Waals surface area contributed by atoms with Crippen LogP contribution in [0.2, 0.25) is 0 Å². The third-order valence-corrected chi connectivity index (χ3v) is 4.62. The number of hydrogen-bond donors (Lipinski definition) is 2. The Labute approximate surface area is 116 Å². The first-order valence-corrected chi connectivity index (χ1v) is 7.62. The molecule has 2 aliphatic rings. The average Bonchev–Trinajstić information content (AvgIpc) is 2.98. The zero-order valence-corrected chi connectivity index (χ0v) is 12.5. The maximum Gasteiger partial charge on any atom is 0.226 e. The highest BCUT2D eigenvalue weighted by Crippen LogP contribution is 2.43. The summed E-state index contributed by atoms with van der Waals surface area (Å²) < 4.78 is 5.42. The van der Waals surface area contributed by atoms with Crippen LogP contribution in [0.15, 0.2) is 0 Å². The van der Waals surface area contributed by atoms with Crippen molar-refractivity contribution in [3.05, 3.63) is 0 Å². The van der Waals surface area contributed by atoms with Crippen molar-refractivity contribution >= 4 is 5.91 Å². The molecule has 1 saturated heterocycles. The SMILES string of the molecule is CO[C@H]1CNCC1NC(=O)C1(CC(C)C)CCCC1. The summed E-state index contributed by atoms with van der Waals surface area (Å²) in [5, 5.41) is 6.52. The van der Waals surface area contributed by atoms with Gasteiger partial charge in [0.15, 0.2) is 0 Å². The Hall–Kier alpha value is -0.610. The third-order valence-electron chi connectivity index (χ3n) is 4.62. The first-order chi connectivity index (χ1) is 9.07. The minimum atomic E-state index is -0.116. The second-order valence-electron chi connectivity index (χ2n) is 6.60. The molecule has 1 amide bonds. The van der Waals surface area contributed by atoms with Crippen molar-refractivity contribution in [1.82, 2.24) is 10.6 Å². The Bertz CT molecular complexity index is 311. The van der Waals surface area contributed by atoms with E-state index >= 15 is 0 Å². The number of methoxy groups -OCH3 is 1. The van der Waals surface area contributed by atoms with Crippen molar-refractivity contribution in [1.29, 1.82) is 0 Å². The van der Waals surface area contributed by atoms with Crippen LogP contribution in [-0.2, 0) is 9.53 Å². The van der Waals surface area contributed by atoms with Crippen LogP contribution in [0, 0.1) is 11.3 Å². The van der Waals surface area contributed by atoms with Crippen molar-refractivity contribution in [3.63, 3.8) is 0 Å². The Morgan fingerprint density at radius 3 is 2.63 bits per heavy atom. The highest BCUT2D eigenvalue weighted by Gasteiger charge is 2.43. The van der Waals surface area contributed by atoms with Crippen molar-refractivity contribution < 1.29 is 9.53 Å². The summed E-state index contributed by atoms with van der Waals surface area (Å²) in [6, 6.07) is 0.127. The van der Waals surface area contributed by atoms with E-state index in [9.17, 15) is 4.79 Å². The number of nitrogens with one attached hydrogen (secondary N) is 2. The van der Waals surface area contributed by atoms with Crippen LogP contribution in [0.1, 0.15) is 46.0 Å². The van der Waals surface area contributed by atoms with Gasteiger partial charge in [0.05, 0.1) is 12.1 Å². The molecule has 1 saturated carbocycles. The molecule has 2 atom stereocenters. The van der Waals surface area contributed by atoms with Crippen molar-refractivity contribution in [2.75, 3.05) is 20.2 Å². The zero-order valence-electron chi connectivity index (χ0n) is 12.5. The summed E-state index contributed by atoms with van der Waals surface area (Å²) in [5.41, 5.74) is -0.116. The first kappa shape index (κ1) is 14.8. The van der Waals surface area contributed by atoms with E-state index in [4.69, 9.17) is 4.74 Å². The summed E-state index contributed by atoms with van der Waals surface area (Å²) in [5.74, 6) is 0.832. The standard InChI is InChI=1S/C15H28N2O2/c1-11(2)8-15(6-4-5-7-15)14(18)17-12-9-16-10-13(12)19-3/h11-13,16H,4-10H2,1-3H3,(H,17,18)/t12?,13-/m0/s1. The fourth-order valence-electron chi connectivity index (χ4n) is 3.72. The Morgan fingerprint density at radius 1 is 1.37 bits per heavy atom. The summed E-state index contributed by atoms with van der Waals surface area (Å²) in [7, 11) is 1.72. The van der Waals surface area contributed by atoms with Crippen LogP contribution in [0.25, 0.3) is 0 Å². The number of amides is 1. The summed E-state index contributed by atoms with van der Waals surface area (Å²) in [6.07, 6.45) is 5.61. The van der Waals surface area contributed by atoms with E-state index in [1.54, 1.807) is 7.11 Å². The van der Waals surface area contributed by atoms with Gasteiger partial charge in [-0.3, -0.25) is 4.79 Å². The molecule has 0 radical (unpaired) electrons. The molecule has 19 heavy (non-hydrogen) atoms. The third kappa shape index (κ3) is 3.29. The Kier molecular flexibility index (Phi) is 4.85. The number of carbonyl (C=O) groups is 1. The van der Waals surface area contributed by atoms with E-state index in [0.717, 1.165) is 32.4 Å². The Morgan fingerprint density at radius 2 is 2.05 bits per heavy atom. The van der Waals surface area contributed by atoms with Crippen molar-refractivity contribution in [3.8, 4) is 0 Å². The lowest BCUT2D eigenvalue weighted by molar-refractivity contribution is -0.133. The smallest absolute Gasteiger partial charge is 0.226 e. The van der Waals surface area contributed by atoms with E-state index in [-0.39, 0.29) is 23.5 Å². The van der Waals surface area contributed by atoms with Crippen LogP contribution < -0.4 is 10.6 Å². The van der Waals surface area contributed by atoms with Gasteiger partial charge in [-0.1, -0.05) is 26.7 Å². The molecule has 4 heteroatoms. The van der Waals surface area contributed by atoms with Gasteiger partial charge in [0.2, 0.25) is 5.91 Å². The first-order valence-electron chi connectivity index (χ1n) is 7.62. The Balaban J connectivity index is 1.99. The molecule has 1 aliphatic carbocycles. The van der Waals surface area contributed by atoms with Gasteiger partial charge in [-0.05, 0) is 25.2 Å². The predicted octanol–water partition coefficient (Wildman–Crippen LogP) is 1.70. The zero-order chi connectivity index (χ0) is 13.9. The van der Waals surface area contributed by atoms with Gasteiger partial charge in [0.25, 0.3) is 0 Å². The van der Waals surface area contributed by atoms with Crippen molar-refractivity contribution in [2.45, 2.75) is 58.1 Å². The molecule has 110 valence electrons. The summed E-state index contributed by atoms with van der Waals surface area (Å²) in [4.78, 5) is 12.7. The molecule has 0 aromatic rings. The van der Waals surface area contributed by atoms with Crippen LogP contribution in [-0.4, -0.2) is 38.3 Å². The fraction of sp³-hybridized carbons (Fsp3) is 0.933. The highest BCUT2D eigenvalue weighted by atomic mass is 16.5. The summed E-state index contributed by atoms with van der Waals surface area (Å²) >= 11 is 0. The molecular weight excluding hydrogens is 240 g/mol. The van der Waals surface area contributed by atoms with Gasteiger partial charge in [0.1, 0.15) is 0 Å². The molecule has 0 spiro atoms. The molecular formula is C15H28N2O2. The highest BCUT2D eigenvalue weighted by molar-refractivity contribution is 5.83. The molecule has 4 nitrogen and oxygen atoms in total. The molecule has 2 rings (SSSR count). The van der Waals surface area contributed by atoms with Gasteiger partial charge in [-0.2, -0.15) is 0 Å². The molecule has 2 N–H and O–H groups in total. The van der Waals surface area contributed by atoms with Crippen LogP contribution >= 0.6 is 0 Å². The topological polar surface area (TPSA) is 50.4 Å². The van der Waals surface area contributed by atoms with Gasteiger partial charge in [-0.25, -0.2) is 0 Å². The molecule has 2 fully saturated rings. The van der Waals surface area contributed by atoms with Gasteiger partial charge < -0.3 is 15.4 Å². The molecule has 0 aromatic heterocycles. The average molecular weight is 268 g/mol. The predicted molar refractivity (Wildman–Crippen MR) is 76.0 cm³/mol. The van der Waals surface area contributed by atoms with Crippen molar-refractivity contribution in [2.24, 2.45) is 11.3 Å². The van der Waals surface area contributed by atoms with Gasteiger partial charge in [-0.15, -0.1) is 0 Å². The quantitative estimate of drug-likeness (QED) is 0.798. The number of ether oxygens (including phenoxy) is 1. The lowest BCUT2D eigenvalue weighted by Gasteiger charge is -2.32. The van der Waals surface area contributed by atoms with Crippen LogP contribution in [0.3, 0.4) is 0 Å². The second-order valence-corrected chi connectivity index (χ2v) is 6.60. The molecule has 1 aliphatic heterocycles. The second kappa shape index (κ2) is 6.23. The number of carbonyl (C=O) groups excluding carboxylic acids is 1. The van der Waals surface area contributed by atoms with E-state index in [2.05, 4.69) is 24.5 Å². The molecule has 1 heterocycles. The minimum Gasteiger partial charge on any atom is -0.378 e. The fourth-order valence-corrected chi connectivity index (χ4v) is 3.72. The van der Waals surface area contributed by atoms with Crippen LogP contribution in [0.5, 0.6) is 0 Å². The monoisotopic (exact) mass is 268 g/mol. The molecule has 1 unspecified atom stereocenters. The minimum absolute atomic E-state index is 0.112. The lowest BCUT2D eigenvalue weighted by atomic mass is 9.77. The maximum absolute atomic E-state index is 12.7. The van der Waals surface area contributed by atoms with E-state index < -0.39 is 0 Å². The van der Waals surface area contributed by atoms with Gasteiger partial charge >= 0.3 is 0 Å². The molecule has 0 aromatic carbocycles. The number of rotatable bonds is 5. The normalized spacial score (nSPS) is 29.9. The lowest BCUT2D eigenvalue weighted by Crippen LogP contribution is -2.49. The summed E-state index contributed by atoms with van der Waals surface area (Å²) in [6.45, 7) is 6.07. The van der Waals surface area contributed by atoms with Crippen LogP contribution in [0.4, 0.5) is 0 Å². The maximum atomic E-state index is 12.7. The van der Waals surface area contributed by atoms with E-state index in [0.29, 0.717) is 5.92 Å². The van der Waals surface area contributed by atoms with Gasteiger partial charge in [0, 0.05) is 25.6 Å². The van der Waals surface area contributed by atoms with E-state index in [1.165, 1.54) is 12.8 Å². The largest absolute Gasteiger partial charge is 0.378 e. The van der Waals surface area contributed by atoms with E-state index in [1.807, 2.05) is 0 Å².